The Morgan fingerprint density at radius 1 is 1.41 bits per heavy atom. The van der Waals surface area contributed by atoms with Crippen molar-refractivity contribution < 1.29 is 4.74 Å². The fraction of sp³-hybridized carbons (Fsp3) is 1.00. The smallest absolute Gasteiger partial charge is 0.0659 e. The first kappa shape index (κ1) is 13.3. The Labute approximate surface area is 105 Å². The Balaban J connectivity index is 1.96. The second kappa shape index (κ2) is 5.65. The van der Waals surface area contributed by atoms with Crippen LogP contribution in [0.15, 0.2) is 0 Å². The van der Waals surface area contributed by atoms with Gasteiger partial charge in [-0.05, 0) is 39.4 Å². The molecule has 0 saturated carbocycles. The van der Waals surface area contributed by atoms with E-state index in [9.17, 15) is 0 Å². The minimum absolute atomic E-state index is 0.101. The summed E-state index contributed by atoms with van der Waals surface area (Å²) in [5, 5.41) is 0. The number of likely N-dealkylation sites (N-methyl/N-ethyl adjacent to an activating group) is 1. The summed E-state index contributed by atoms with van der Waals surface area (Å²) in [5.41, 5.74) is 6.31. The lowest BCUT2D eigenvalue weighted by Gasteiger charge is -2.36. The Kier molecular flexibility index (Phi) is 4.42. The summed E-state index contributed by atoms with van der Waals surface area (Å²) in [4.78, 5) is 5.04. The lowest BCUT2D eigenvalue weighted by atomic mass is 9.98. The van der Waals surface area contributed by atoms with Crippen LogP contribution < -0.4 is 5.73 Å². The molecule has 0 aromatic rings. The van der Waals surface area contributed by atoms with Crippen LogP contribution in [0.4, 0.5) is 0 Å². The Hall–Kier alpha value is -0.160. The third-order valence-corrected chi connectivity index (χ3v) is 4.15. The molecule has 0 spiro atoms. The summed E-state index contributed by atoms with van der Waals surface area (Å²) < 4.78 is 5.46. The van der Waals surface area contributed by atoms with E-state index < -0.39 is 0 Å². The quantitative estimate of drug-likeness (QED) is 0.782. The molecular formula is C13H27N3O. The summed E-state index contributed by atoms with van der Waals surface area (Å²) >= 11 is 0. The highest BCUT2D eigenvalue weighted by Gasteiger charge is 2.34. The van der Waals surface area contributed by atoms with Gasteiger partial charge in [0.2, 0.25) is 0 Å². The van der Waals surface area contributed by atoms with Gasteiger partial charge in [0.25, 0.3) is 0 Å². The van der Waals surface area contributed by atoms with E-state index in [4.69, 9.17) is 10.5 Å². The van der Waals surface area contributed by atoms with E-state index in [0.717, 1.165) is 26.2 Å². The van der Waals surface area contributed by atoms with Crippen molar-refractivity contribution >= 4 is 0 Å². The van der Waals surface area contributed by atoms with E-state index in [1.54, 1.807) is 0 Å². The number of hydrogen-bond acceptors (Lipinski definition) is 4. The number of nitrogens with zero attached hydrogens (tertiary/aromatic N) is 2. The van der Waals surface area contributed by atoms with Crippen molar-refractivity contribution in [1.82, 2.24) is 9.80 Å². The number of hydrogen-bond donors (Lipinski definition) is 1. The van der Waals surface area contributed by atoms with Gasteiger partial charge in [-0.25, -0.2) is 0 Å². The average molecular weight is 241 g/mol. The topological polar surface area (TPSA) is 41.7 Å². The molecule has 0 aromatic heterocycles. The predicted octanol–water partition coefficient (Wildman–Crippen LogP) is 0.520. The van der Waals surface area contributed by atoms with Gasteiger partial charge in [0.15, 0.2) is 0 Å². The molecule has 0 aliphatic carbocycles. The molecular weight excluding hydrogens is 214 g/mol. The van der Waals surface area contributed by atoms with Crippen LogP contribution in [0, 0.1) is 0 Å². The molecule has 17 heavy (non-hydrogen) atoms. The van der Waals surface area contributed by atoms with Gasteiger partial charge < -0.3 is 15.4 Å². The van der Waals surface area contributed by atoms with E-state index in [-0.39, 0.29) is 5.54 Å². The van der Waals surface area contributed by atoms with Gasteiger partial charge in [-0.3, -0.25) is 4.90 Å². The molecule has 4 heteroatoms. The fourth-order valence-electron chi connectivity index (χ4n) is 3.04. The maximum absolute atomic E-state index is 6.41. The van der Waals surface area contributed by atoms with Crippen LogP contribution in [0.1, 0.15) is 26.2 Å². The van der Waals surface area contributed by atoms with E-state index in [1.165, 1.54) is 32.5 Å². The second-order valence-corrected chi connectivity index (χ2v) is 5.81. The number of nitrogens with two attached hydrogens (primary N) is 1. The lowest BCUT2D eigenvalue weighted by molar-refractivity contribution is 0.124. The van der Waals surface area contributed by atoms with Gasteiger partial charge in [-0.2, -0.15) is 0 Å². The van der Waals surface area contributed by atoms with Crippen molar-refractivity contribution in [2.45, 2.75) is 37.8 Å². The maximum atomic E-state index is 6.41. The van der Waals surface area contributed by atoms with Crippen molar-refractivity contribution in [2.24, 2.45) is 5.73 Å². The van der Waals surface area contributed by atoms with Crippen LogP contribution in [0.2, 0.25) is 0 Å². The van der Waals surface area contributed by atoms with E-state index in [1.807, 2.05) is 0 Å². The van der Waals surface area contributed by atoms with Crippen LogP contribution in [0.3, 0.4) is 0 Å². The third-order valence-electron chi connectivity index (χ3n) is 4.15. The molecule has 100 valence electrons. The van der Waals surface area contributed by atoms with Crippen molar-refractivity contribution in [2.75, 3.05) is 46.4 Å². The Morgan fingerprint density at radius 3 is 2.88 bits per heavy atom. The summed E-state index contributed by atoms with van der Waals surface area (Å²) in [7, 11) is 2.23. The largest absolute Gasteiger partial charge is 0.379 e. The minimum atomic E-state index is -0.101. The van der Waals surface area contributed by atoms with Crippen LogP contribution in [0.5, 0.6) is 0 Å². The van der Waals surface area contributed by atoms with Gasteiger partial charge in [0, 0.05) is 25.7 Å². The monoisotopic (exact) mass is 241 g/mol. The van der Waals surface area contributed by atoms with Crippen LogP contribution in [0.25, 0.3) is 0 Å². The second-order valence-electron chi connectivity index (χ2n) is 5.81. The van der Waals surface area contributed by atoms with Crippen molar-refractivity contribution in [3.8, 4) is 0 Å². The first-order chi connectivity index (χ1) is 8.13. The van der Waals surface area contributed by atoms with Gasteiger partial charge in [0.05, 0.1) is 12.1 Å². The van der Waals surface area contributed by atoms with E-state index in [0.29, 0.717) is 6.04 Å². The van der Waals surface area contributed by atoms with Gasteiger partial charge >= 0.3 is 0 Å². The van der Waals surface area contributed by atoms with E-state index in [2.05, 4.69) is 23.8 Å². The zero-order chi connectivity index (χ0) is 12.3. The Bertz CT molecular complexity index is 241. The molecule has 2 unspecified atom stereocenters. The molecule has 2 rings (SSSR count). The molecule has 0 aromatic carbocycles. The zero-order valence-electron chi connectivity index (χ0n) is 11.3. The zero-order valence-corrected chi connectivity index (χ0v) is 11.3. The maximum Gasteiger partial charge on any atom is 0.0659 e. The lowest BCUT2D eigenvalue weighted by Crippen LogP contribution is -2.54. The standard InChI is InChI=1S/C13H27N3O/c1-3-12-9-15(2)6-4-7-16(12)10-13(14)5-8-17-11-13/h12H,3-11,14H2,1-2H3. The first-order valence-electron chi connectivity index (χ1n) is 6.92. The van der Waals surface area contributed by atoms with Crippen LogP contribution in [-0.4, -0.2) is 67.8 Å². The molecule has 2 saturated heterocycles. The molecule has 2 aliphatic rings. The third kappa shape index (κ3) is 3.41. The van der Waals surface area contributed by atoms with Crippen molar-refractivity contribution in [1.29, 1.82) is 0 Å². The molecule has 2 atom stereocenters. The number of ether oxygens (including phenoxy) is 1. The Morgan fingerprint density at radius 2 is 2.24 bits per heavy atom. The highest BCUT2D eigenvalue weighted by molar-refractivity contribution is 4.93. The summed E-state index contributed by atoms with van der Waals surface area (Å²) in [6.45, 7) is 8.41. The normalized spacial score (nSPS) is 37.2. The first-order valence-corrected chi connectivity index (χ1v) is 6.92. The van der Waals surface area contributed by atoms with Gasteiger partial charge in [0.1, 0.15) is 0 Å². The molecule has 0 bridgehead atoms. The van der Waals surface area contributed by atoms with Crippen molar-refractivity contribution in [3.63, 3.8) is 0 Å². The molecule has 2 N–H and O–H groups in total. The highest BCUT2D eigenvalue weighted by Crippen LogP contribution is 2.20. The van der Waals surface area contributed by atoms with Gasteiger partial charge in [-0.15, -0.1) is 0 Å². The van der Waals surface area contributed by atoms with Gasteiger partial charge in [-0.1, -0.05) is 6.92 Å². The minimum Gasteiger partial charge on any atom is -0.379 e. The predicted molar refractivity (Wildman–Crippen MR) is 70.1 cm³/mol. The summed E-state index contributed by atoms with van der Waals surface area (Å²) in [5.74, 6) is 0. The highest BCUT2D eigenvalue weighted by atomic mass is 16.5. The van der Waals surface area contributed by atoms with E-state index >= 15 is 0 Å². The van der Waals surface area contributed by atoms with Crippen LogP contribution in [-0.2, 0) is 4.74 Å². The molecule has 2 heterocycles. The SMILES string of the molecule is CCC1CN(C)CCCN1CC1(N)CCOC1. The number of rotatable bonds is 3. The summed E-state index contributed by atoms with van der Waals surface area (Å²) in [6.07, 6.45) is 3.47. The average Bonchev–Trinajstić information content (AvgIpc) is 2.63. The molecule has 0 radical (unpaired) electrons. The summed E-state index contributed by atoms with van der Waals surface area (Å²) in [6, 6.07) is 0.656. The molecule has 2 aliphatic heterocycles. The molecule has 0 amide bonds. The molecule has 4 nitrogen and oxygen atoms in total. The molecule has 2 fully saturated rings. The fourth-order valence-corrected chi connectivity index (χ4v) is 3.04. The van der Waals surface area contributed by atoms with Crippen molar-refractivity contribution in [3.05, 3.63) is 0 Å². The van der Waals surface area contributed by atoms with Crippen LogP contribution >= 0.6 is 0 Å².